The highest BCUT2D eigenvalue weighted by Crippen LogP contribution is 2.14. The Hall–Kier alpha value is -2.35. The minimum Gasteiger partial charge on any atom is -0.335 e. The number of piperazine rings is 1. The Morgan fingerprint density at radius 1 is 1.12 bits per heavy atom. The van der Waals surface area contributed by atoms with Crippen LogP contribution in [-0.2, 0) is 6.54 Å². The van der Waals surface area contributed by atoms with E-state index in [1.807, 2.05) is 0 Å². The molecule has 1 aliphatic heterocycles. The largest absolute Gasteiger partial charge is 0.335 e. The molecule has 2 heterocycles. The second-order valence-corrected chi connectivity index (χ2v) is 5.62. The topological polar surface area (TPSA) is 41.4 Å². The minimum absolute atomic E-state index is 0.0119. The molecule has 0 spiro atoms. The Morgan fingerprint density at radius 3 is 2.46 bits per heavy atom. The van der Waals surface area contributed by atoms with Crippen molar-refractivity contribution >= 4 is 5.91 Å². The van der Waals surface area contributed by atoms with Crippen LogP contribution in [0.4, 0.5) is 13.2 Å². The third-order valence-corrected chi connectivity index (χ3v) is 4.04. The van der Waals surface area contributed by atoms with E-state index >= 15 is 0 Å². The van der Waals surface area contributed by atoms with Crippen molar-refractivity contribution in [2.75, 3.05) is 26.2 Å². The van der Waals surface area contributed by atoms with E-state index in [9.17, 15) is 18.0 Å². The average Bonchev–Trinajstić information content (AvgIpc) is 3.07. The number of carbonyl (C=O) groups is 1. The van der Waals surface area contributed by atoms with Crippen LogP contribution in [0.1, 0.15) is 22.6 Å². The third kappa shape index (κ3) is 3.59. The Bertz CT molecular complexity index is 711. The normalized spacial score (nSPS) is 15.9. The first-order valence-corrected chi connectivity index (χ1v) is 7.63. The number of hydrogen-bond acceptors (Lipinski definition) is 3. The van der Waals surface area contributed by atoms with E-state index in [1.165, 1.54) is 12.1 Å². The van der Waals surface area contributed by atoms with Gasteiger partial charge in [0.2, 0.25) is 0 Å². The molecule has 0 bridgehead atoms. The number of nitrogens with zero attached hydrogens (tertiary/aromatic N) is 4. The molecule has 0 atom stereocenters. The fraction of sp³-hybridized carbons (Fsp3) is 0.375. The van der Waals surface area contributed by atoms with E-state index < -0.39 is 6.55 Å². The van der Waals surface area contributed by atoms with Gasteiger partial charge in [-0.05, 0) is 12.1 Å². The molecule has 8 heteroatoms. The van der Waals surface area contributed by atoms with Gasteiger partial charge >= 0.3 is 6.55 Å². The zero-order chi connectivity index (χ0) is 17.1. The molecule has 0 aliphatic carbocycles. The number of aromatic nitrogens is 2. The van der Waals surface area contributed by atoms with Gasteiger partial charge in [0.15, 0.2) is 5.69 Å². The summed E-state index contributed by atoms with van der Waals surface area (Å²) in [4.78, 5) is 15.9. The number of alkyl halides is 2. The first kappa shape index (κ1) is 16.5. The summed E-state index contributed by atoms with van der Waals surface area (Å²) in [6.45, 7) is -0.187. The Labute approximate surface area is 137 Å². The molecule has 24 heavy (non-hydrogen) atoms. The van der Waals surface area contributed by atoms with Crippen LogP contribution in [0.3, 0.4) is 0 Å². The maximum atomic E-state index is 13.7. The zero-order valence-corrected chi connectivity index (χ0v) is 12.9. The van der Waals surface area contributed by atoms with Gasteiger partial charge < -0.3 is 4.90 Å². The van der Waals surface area contributed by atoms with E-state index in [-0.39, 0.29) is 17.4 Å². The highest BCUT2D eigenvalue weighted by Gasteiger charge is 2.24. The summed E-state index contributed by atoms with van der Waals surface area (Å²) in [5.41, 5.74) is 0.630. The molecular weight excluding hydrogens is 321 g/mol. The molecule has 0 N–H and O–H groups in total. The van der Waals surface area contributed by atoms with Crippen molar-refractivity contribution in [3.63, 3.8) is 0 Å². The summed E-state index contributed by atoms with van der Waals surface area (Å²) in [6.07, 6.45) is 1.09. The van der Waals surface area contributed by atoms with Crippen molar-refractivity contribution in [1.29, 1.82) is 0 Å². The zero-order valence-electron chi connectivity index (χ0n) is 12.9. The standard InChI is InChI=1S/C16H17F3N4O/c17-13-4-2-1-3-12(13)11-21-7-9-22(10-8-21)15(24)14-5-6-23(20-14)16(18)19/h1-6,16H,7-11H2. The number of rotatable bonds is 4. The van der Waals surface area contributed by atoms with E-state index in [2.05, 4.69) is 10.00 Å². The lowest BCUT2D eigenvalue weighted by atomic mass is 10.2. The van der Waals surface area contributed by atoms with Crippen molar-refractivity contribution in [1.82, 2.24) is 19.6 Å². The maximum absolute atomic E-state index is 13.7. The first-order valence-electron chi connectivity index (χ1n) is 7.63. The lowest BCUT2D eigenvalue weighted by Crippen LogP contribution is -2.48. The molecule has 3 rings (SSSR count). The van der Waals surface area contributed by atoms with Gasteiger partial charge in [-0.2, -0.15) is 13.9 Å². The van der Waals surface area contributed by atoms with Gasteiger partial charge in [0.05, 0.1) is 0 Å². The minimum atomic E-state index is -2.76. The van der Waals surface area contributed by atoms with Gasteiger partial charge in [-0.1, -0.05) is 18.2 Å². The van der Waals surface area contributed by atoms with Gasteiger partial charge in [0.25, 0.3) is 5.91 Å². The van der Waals surface area contributed by atoms with Crippen LogP contribution in [0.15, 0.2) is 36.5 Å². The first-order chi connectivity index (χ1) is 11.5. The van der Waals surface area contributed by atoms with Crippen LogP contribution in [0.25, 0.3) is 0 Å². The number of carbonyl (C=O) groups excluding carboxylic acids is 1. The summed E-state index contributed by atoms with van der Waals surface area (Å²) < 4.78 is 39.2. The van der Waals surface area contributed by atoms with Crippen molar-refractivity contribution in [2.45, 2.75) is 13.1 Å². The van der Waals surface area contributed by atoms with Crippen LogP contribution in [0.2, 0.25) is 0 Å². The van der Waals surface area contributed by atoms with Crippen LogP contribution >= 0.6 is 0 Å². The molecule has 1 aromatic carbocycles. The van der Waals surface area contributed by atoms with E-state index in [4.69, 9.17) is 0 Å². The van der Waals surface area contributed by atoms with Gasteiger partial charge in [0.1, 0.15) is 5.82 Å². The van der Waals surface area contributed by atoms with Crippen LogP contribution in [0.5, 0.6) is 0 Å². The van der Waals surface area contributed by atoms with Crippen molar-refractivity contribution in [3.05, 3.63) is 53.6 Å². The fourth-order valence-corrected chi connectivity index (χ4v) is 2.70. The molecule has 1 saturated heterocycles. The van der Waals surface area contributed by atoms with Gasteiger partial charge in [-0.15, -0.1) is 0 Å². The van der Waals surface area contributed by atoms with Crippen molar-refractivity contribution in [3.8, 4) is 0 Å². The number of hydrogen-bond donors (Lipinski definition) is 0. The summed E-state index contributed by atoms with van der Waals surface area (Å²) in [5.74, 6) is -0.603. The van der Waals surface area contributed by atoms with Crippen LogP contribution in [-0.4, -0.2) is 51.7 Å². The summed E-state index contributed by atoms with van der Waals surface area (Å²) in [5, 5.41) is 3.60. The molecule has 5 nitrogen and oxygen atoms in total. The summed E-state index contributed by atoms with van der Waals surface area (Å²) >= 11 is 0. The average molecular weight is 338 g/mol. The Balaban J connectivity index is 1.56. The summed E-state index contributed by atoms with van der Waals surface area (Å²) in [6, 6.07) is 7.89. The molecule has 128 valence electrons. The predicted octanol–water partition coefficient (Wildman–Crippen LogP) is 2.38. The summed E-state index contributed by atoms with van der Waals surface area (Å²) in [7, 11) is 0. The van der Waals surface area contributed by atoms with Crippen molar-refractivity contribution in [2.24, 2.45) is 0 Å². The number of amides is 1. The van der Waals surface area contributed by atoms with E-state index in [0.717, 1.165) is 6.20 Å². The number of halogens is 3. The quantitative estimate of drug-likeness (QED) is 0.859. The smallest absolute Gasteiger partial charge is 0.333 e. The maximum Gasteiger partial charge on any atom is 0.333 e. The molecule has 0 saturated carbocycles. The lowest BCUT2D eigenvalue weighted by molar-refractivity contribution is 0.0533. The second-order valence-electron chi connectivity index (χ2n) is 5.62. The van der Waals surface area contributed by atoms with Crippen LogP contribution < -0.4 is 0 Å². The Kier molecular flexibility index (Phi) is 4.84. The van der Waals surface area contributed by atoms with Gasteiger partial charge in [0, 0.05) is 44.5 Å². The highest BCUT2D eigenvalue weighted by atomic mass is 19.3. The van der Waals surface area contributed by atoms with Gasteiger partial charge in [-0.25, -0.2) is 9.07 Å². The third-order valence-electron chi connectivity index (χ3n) is 4.04. The van der Waals surface area contributed by atoms with Crippen LogP contribution in [0, 0.1) is 5.82 Å². The molecule has 1 aliphatic rings. The monoisotopic (exact) mass is 338 g/mol. The Morgan fingerprint density at radius 2 is 1.83 bits per heavy atom. The van der Waals surface area contributed by atoms with Crippen molar-refractivity contribution < 1.29 is 18.0 Å². The molecule has 1 fully saturated rings. The molecule has 0 radical (unpaired) electrons. The molecule has 1 amide bonds. The second kappa shape index (κ2) is 7.04. The SMILES string of the molecule is O=C(c1ccn(C(F)F)n1)N1CCN(Cc2ccccc2F)CC1. The van der Waals surface area contributed by atoms with E-state index in [0.29, 0.717) is 43.0 Å². The highest BCUT2D eigenvalue weighted by molar-refractivity contribution is 5.92. The molecule has 0 unspecified atom stereocenters. The fourth-order valence-electron chi connectivity index (χ4n) is 2.70. The number of benzene rings is 1. The molecular formula is C16H17F3N4O. The molecule has 1 aromatic heterocycles. The predicted molar refractivity (Wildman–Crippen MR) is 81.1 cm³/mol. The van der Waals surface area contributed by atoms with E-state index in [1.54, 1.807) is 23.1 Å². The lowest BCUT2D eigenvalue weighted by Gasteiger charge is -2.34. The molecule has 2 aromatic rings. The van der Waals surface area contributed by atoms with Gasteiger partial charge in [-0.3, -0.25) is 9.69 Å².